The number of carboxylic acids is 1. The van der Waals surface area contributed by atoms with Crippen LogP contribution in [0.1, 0.15) is 58.5 Å². The second kappa shape index (κ2) is 6.43. The predicted octanol–water partition coefficient (Wildman–Crippen LogP) is 2.86. The number of rotatable bonds is 5. The smallest absolute Gasteiger partial charge is 0.335 e. The van der Waals surface area contributed by atoms with Crippen molar-refractivity contribution in [2.45, 2.75) is 37.8 Å². The number of anilines is 2. The van der Waals surface area contributed by atoms with Crippen LogP contribution in [0, 0.1) is 0 Å². The van der Waals surface area contributed by atoms with E-state index in [9.17, 15) is 9.18 Å². The van der Waals surface area contributed by atoms with Crippen LogP contribution in [0.4, 0.5) is 16.2 Å². The van der Waals surface area contributed by atoms with Gasteiger partial charge in [0.2, 0.25) is 5.95 Å². The van der Waals surface area contributed by atoms with E-state index in [2.05, 4.69) is 9.97 Å². The highest BCUT2D eigenvalue weighted by Gasteiger charge is 2.28. The highest BCUT2D eigenvalue weighted by atomic mass is 19.1. The van der Waals surface area contributed by atoms with Gasteiger partial charge in [-0.2, -0.15) is 4.98 Å². The van der Waals surface area contributed by atoms with Gasteiger partial charge in [-0.1, -0.05) is 12.1 Å². The number of alkyl halides is 1. The number of aromatic nitrogens is 2. The Morgan fingerprint density at radius 3 is 2.67 bits per heavy atom. The Morgan fingerprint density at radius 1 is 1.29 bits per heavy atom. The van der Waals surface area contributed by atoms with Crippen molar-refractivity contribution in [3.8, 4) is 0 Å². The van der Waals surface area contributed by atoms with Crippen molar-refractivity contribution < 1.29 is 14.3 Å². The van der Waals surface area contributed by atoms with Crippen LogP contribution in [-0.4, -0.2) is 21.0 Å². The summed E-state index contributed by atoms with van der Waals surface area (Å²) in [6, 6.07) is 5.89. The molecule has 7 heteroatoms. The molecule has 0 saturated carbocycles. The van der Waals surface area contributed by atoms with Gasteiger partial charge in [0.15, 0.2) is 0 Å². The fourth-order valence-corrected chi connectivity index (χ4v) is 3.28. The van der Waals surface area contributed by atoms with Gasteiger partial charge >= 0.3 is 5.97 Å². The highest BCUT2D eigenvalue weighted by molar-refractivity contribution is 5.87. The molecule has 2 aromatic rings. The molecule has 0 bridgehead atoms. The minimum atomic E-state index is -1.15. The summed E-state index contributed by atoms with van der Waals surface area (Å²) in [6.45, 7) is 0. The molecule has 1 aliphatic rings. The Balaban J connectivity index is 1.66. The molecule has 0 radical (unpaired) electrons. The number of carboxylic acid groups (broad SMARTS) is 1. The summed E-state index contributed by atoms with van der Waals surface area (Å²) in [5.41, 5.74) is 14.0. The third-order valence-electron chi connectivity index (χ3n) is 4.50. The topological polar surface area (TPSA) is 115 Å². The molecule has 0 saturated heterocycles. The molecular weight excluding hydrogens is 311 g/mol. The number of nitrogens with zero attached hydrogens (tertiary/aromatic N) is 2. The van der Waals surface area contributed by atoms with Crippen LogP contribution in [0.15, 0.2) is 24.3 Å². The molecule has 5 N–H and O–H groups in total. The van der Waals surface area contributed by atoms with E-state index >= 15 is 0 Å². The average Bonchev–Trinajstić information content (AvgIpc) is 2.95. The second-order valence-electron chi connectivity index (χ2n) is 6.04. The minimum Gasteiger partial charge on any atom is -0.478 e. The zero-order valence-corrected chi connectivity index (χ0v) is 13.1. The Labute approximate surface area is 138 Å². The first kappa shape index (κ1) is 16.2. The fraction of sp³-hybridized carbons (Fsp3) is 0.353. The molecule has 0 spiro atoms. The van der Waals surface area contributed by atoms with Crippen LogP contribution in [0.5, 0.6) is 0 Å². The first-order valence-electron chi connectivity index (χ1n) is 7.84. The maximum absolute atomic E-state index is 14.4. The summed E-state index contributed by atoms with van der Waals surface area (Å²) in [5.74, 6) is -0.318. The van der Waals surface area contributed by atoms with E-state index in [1.54, 1.807) is 0 Å². The number of fused-ring (bicyclic) bond motifs is 1. The summed E-state index contributed by atoms with van der Waals surface area (Å²) in [5, 5.41) is 8.87. The number of hydrogen-bond acceptors (Lipinski definition) is 5. The van der Waals surface area contributed by atoms with Gasteiger partial charge in [0.05, 0.1) is 11.3 Å². The van der Waals surface area contributed by atoms with Crippen molar-refractivity contribution in [3.63, 3.8) is 0 Å². The van der Waals surface area contributed by atoms with Crippen molar-refractivity contribution in [1.82, 2.24) is 9.97 Å². The molecule has 126 valence electrons. The van der Waals surface area contributed by atoms with Gasteiger partial charge in [-0.3, -0.25) is 0 Å². The predicted molar refractivity (Wildman–Crippen MR) is 88.4 cm³/mol. The number of nitrogens with two attached hydrogens (primary N) is 2. The molecule has 2 unspecified atom stereocenters. The van der Waals surface area contributed by atoms with Crippen molar-refractivity contribution in [3.05, 3.63) is 46.6 Å². The van der Waals surface area contributed by atoms with Crippen molar-refractivity contribution >= 4 is 17.7 Å². The SMILES string of the molecule is Nc1nc(N)c2c(n1)CCC2CCC(F)c1ccc(C(=O)O)cc1. The summed E-state index contributed by atoms with van der Waals surface area (Å²) in [7, 11) is 0. The van der Waals surface area contributed by atoms with Gasteiger partial charge in [0.1, 0.15) is 12.0 Å². The van der Waals surface area contributed by atoms with E-state index in [0.29, 0.717) is 24.2 Å². The first-order valence-corrected chi connectivity index (χ1v) is 7.84. The van der Waals surface area contributed by atoms with Crippen LogP contribution in [0.2, 0.25) is 0 Å². The number of hydrogen-bond donors (Lipinski definition) is 3. The van der Waals surface area contributed by atoms with E-state index in [1.807, 2.05) is 0 Å². The summed E-state index contributed by atoms with van der Waals surface area (Å²) >= 11 is 0. The highest BCUT2D eigenvalue weighted by Crippen LogP contribution is 2.40. The average molecular weight is 330 g/mol. The molecule has 1 aromatic carbocycles. The lowest BCUT2D eigenvalue weighted by Gasteiger charge is -2.15. The molecular formula is C17H19FN4O2. The number of halogens is 1. The van der Waals surface area contributed by atoms with E-state index in [-0.39, 0.29) is 17.4 Å². The molecule has 3 rings (SSSR count). The molecule has 24 heavy (non-hydrogen) atoms. The van der Waals surface area contributed by atoms with Crippen LogP contribution < -0.4 is 11.5 Å². The van der Waals surface area contributed by atoms with Gasteiger partial charge in [-0.05, 0) is 49.3 Å². The number of aryl methyl sites for hydroxylation is 1. The second-order valence-corrected chi connectivity index (χ2v) is 6.04. The lowest BCUT2D eigenvalue weighted by atomic mass is 9.94. The van der Waals surface area contributed by atoms with Gasteiger partial charge in [-0.15, -0.1) is 0 Å². The molecule has 0 aliphatic heterocycles. The Bertz CT molecular complexity index is 764. The number of benzene rings is 1. The minimum absolute atomic E-state index is 0.136. The summed E-state index contributed by atoms with van der Waals surface area (Å²) < 4.78 is 14.4. The zero-order valence-electron chi connectivity index (χ0n) is 13.1. The maximum Gasteiger partial charge on any atom is 0.335 e. The quantitative estimate of drug-likeness (QED) is 0.776. The third-order valence-corrected chi connectivity index (χ3v) is 4.50. The monoisotopic (exact) mass is 330 g/mol. The van der Waals surface area contributed by atoms with Crippen LogP contribution >= 0.6 is 0 Å². The lowest BCUT2D eigenvalue weighted by molar-refractivity contribution is 0.0697. The molecule has 2 atom stereocenters. The van der Waals surface area contributed by atoms with E-state index < -0.39 is 12.1 Å². The van der Waals surface area contributed by atoms with Crippen molar-refractivity contribution in [2.75, 3.05) is 11.5 Å². The van der Waals surface area contributed by atoms with E-state index in [1.165, 1.54) is 24.3 Å². The molecule has 1 aromatic heterocycles. The third kappa shape index (κ3) is 3.15. The first-order chi connectivity index (χ1) is 11.5. The molecule has 0 amide bonds. The number of nitrogen functional groups attached to an aromatic ring is 2. The molecule has 0 fully saturated rings. The lowest BCUT2D eigenvalue weighted by Crippen LogP contribution is -2.07. The van der Waals surface area contributed by atoms with Crippen LogP contribution in [-0.2, 0) is 6.42 Å². The zero-order chi connectivity index (χ0) is 17.3. The number of carbonyl (C=O) groups is 1. The van der Waals surface area contributed by atoms with Crippen LogP contribution in [0.3, 0.4) is 0 Å². The van der Waals surface area contributed by atoms with Gasteiger partial charge in [-0.25, -0.2) is 14.2 Å². The van der Waals surface area contributed by atoms with Crippen LogP contribution in [0.25, 0.3) is 0 Å². The molecule has 1 aliphatic carbocycles. The van der Waals surface area contributed by atoms with E-state index in [0.717, 1.165) is 24.1 Å². The van der Waals surface area contributed by atoms with Crippen molar-refractivity contribution in [1.29, 1.82) is 0 Å². The normalized spacial score (nSPS) is 17.5. The summed E-state index contributed by atoms with van der Waals surface area (Å²) in [6.07, 6.45) is 1.46. The van der Waals surface area contributed by atoms with Crippen molar-refractivity contribution in [2.24, 2.45) is 0 Å². The van der Waals surface area contributed by atoms with Gasteiger partial charge in [0.25, 0.3) is 0 Å². The van der Waals surface area contributed by atoms with Gasteiger partial charge in [0, 0.05) is 5.56 Å². The van der Waals surface area contributed by atoms with E-state index in [4.69, 9.17) is 16.6 Å². The maximum atomic E-state index is 14.4. The molecule has 6 nitrogen and oxygen atoms in total. The Morgan fingerprint density at radius 2 is 2.00 bits per heavy atom. The fourth-order valence-electron chi connectivity index (χ4n) is 3.28. The largest absolute Gasteiger partial charge is 0.478 e. The summed E-state index contributed by atoms with van der Waals surface area (Å²) in [4.78, 5) is 19.0. The Hall–Kier alpha value is -2.70. The molecule has 1 heterocycles. The number of aromatic carboxylic acids is 1. The Kier molecular flexibility index (Phi) is 4.33. The standard InChI is InChI=1S/C17H19FN4O2/c18-12(9-1-3-11(4-2-9)16(23)24)7-5-10-6-8-13-14(10)15(19)22-17(20)21-13/h1-4,10,12H,5-8H2,(H,23,24)(H4,19,20,21,22). The van der Waals surface area contributed by atoms with Gasteiger partial charge < -0.3 is 16.6 Å².